The van der Waals surface area contributed by atoms with E-state index in [1.165, 1.54) is 36.5 Å². The van der Waals surface area contributed by atoms with E-state index in [0.717, 1.165) is 12.1 Å². The van der Waals surface area contributed by atoms with Crippen LogP contribution >= 0.6 is 0 Å². The molecule has 2 heterocycles. The van der Waals surface area contributed by atoms with E-state index in [1.807, 2.05) is 6.07 Å². The van der Waals surface area contributed by atoms with Gasteiger partial charge in [-0.05, 0) is 36.4 Å². The van der Waals surface area contributed by atoms with Crippen molar-refractivity contribution in [1.82, 2.24) is 10.3 Å². The third kappa shape index (κ3) is 3.78. The second-order valence-corrected chi connectivity index (χ2v) is 7.61. The molecule has 0 saturated heterocycles. The maximum absolute atomic E-state index is 14.2. The summed E-state index contributed by atoms with van der Waals surface area (Å²) in [5.41, 5.74) is 0.172. The number of nitriles is 1. The van der Waals surface area contributed by atoms with Crippen molar-refractivity contribution in [3.63, 3.8) is 0 Å². The summed E-state index contributed by atoms with van der Waals surface area (Å²) in [7, 11) is 0. The summed E-state index contributed by atoms with van der Waals surface area (Å²) in [4.78, 5) is 16.4. The molecular weight excluding hydrogens is 437 g/mol. The van der Waals surface area contributed by atoms with Crippen molar-refractivity contribution >= 4 is 11.8 Å². The van der Waals surface area contributed by atoms with Crippen LogP contribution in [0.25, 0.3) is 0 Å². The van der Waals surface area contributed by atoms with Crippen LogP contribution in [0, 0.1) is 34.7 Å². The highest BCUT2D eigenvalue weighted by Gasteiger charge is 2.57. The summed E-state index contributed by atoms with van der Waals surface area (Å²) in [5, 5.41) is 14.4. The summed E-state index contributed by atoms with van der Waals surface area (Å²) in [6.07, 6.45) is 1.27. The van der Waals surface area contributed by atoms with Crippen molar-refractivity contribution in [3.8, 4) is 23.3 Å². The lowest BCUT2D eigenvalue weighted by Crippen LogP contribution is -2.32. The van der Waals surface area contributed by atoms with Crippen molar-refractivity contribution < 1.29 is 27.4 Å². The number of carbonyl (C=O) groups excluding carboxylic acids is 1. The fourth-order valence-corrected chi connectivity index (χ4v) is 3.99. The molecule has 7 nitrogen and oxygen atoms in total. The molecule has 0 radical (unpaired) electrons. The molecule has 2 amide bonds. The van der Waals surface area contributed by atoms with Gasteiger partial charge in [0.15, 0.2) is 23.1 Å². The number of hydrogen-bond donors (Lipinski definition) is 2. The maximum Gasteiger partial charge on any atom is 0.320 e. The standard InChI is InChI=1S/C23H15F3N4O3/c24-14-5-6-16(26)22-19(14)18-13(10-32-22)20(18)30-23(31)29-17-7-4-12(9-28-17)33-21-11(8-27)2-1-3-15(21)25/h1-7,9,13,18,20H,10H2,(H2,28,29,30,31)/t13-,18-,20?/m0/s1. The molecule has 1 aliphatic carbocycles. The number of nitrogens with zero attached hydrogens (tertiary/aromatic N) is 2. The number of nitrogens with one attached hydrogen (secondary N) is 2. The molecule has 1 unspecified atom stereocenters. The maximum atomic E-state index is 14.2. The monoisotopic (exact) mass is 452 g/mol. The zero-order valence-corrected chi connectivity index (χ0v) is 16.8. The first-order valence-corrected chi connectivity index (χ1v) is 9.97. The number of rotatable bonds is 4. The first-order valence-electron chi connectivity index (χ1n) is 9.97. The van der Waals surface area contributed by atoms with Gasteiger partial charge in [0.25, 0.3) is 0 Å². The minimum absolute atomic E-state index is 0.0318. The molecule has 166 valence electrons. The summed E-state index contributed by atoms with van der Waals surface area (Å²) in [6, 6.07) is 9.81. The lowest BCUT2D eigenvalue weighted by atomic mass is 10.0. The average Bonchev–Trinajstić information content (AvgIpc) is 3.51. The molecule has 1 aliphatic heterocycles. The number of benzene rings is 2. The van der Waals surface area contributed by atoms with Crippen LogP contribution in [0.3, 0.4) is 0 Å². The van der Waals surface area contributed by atoms with Crippen LogP contribution in [-0.4, -0.2) is 23.7 Å². The Hall–Kier alpha value is -4.26. The van der Waals surface area contributed by atoms with Crippen LogP contribution < -0.4 is 20.1 Å². The third-order valence-corrected chi connectivity index (χ3v) is 5.60. The highest BCUT2D eigenvalue weighted by molar-refractivity contribution is 5.89. The van der Waals surface area contributed by atoms with Gasteiger partial charge in [0.05, 0.1) is 18.4 Å². The summed E-state index contributed by atoms with van der Waals surface area (Å²) < 4.78 is 52.8. The van der Waals surface area contributed by atoms with E-state index in [-0.39, 0.29) is 52.6 Å². The molecule has 1 saturated carbocycles. The van der Waals surface area contributed by atoms with E-state index >= 15 is 0 Å². The third-order valence-electron chi connectivity index (χ3n) is 5.60. The molecule has 2 aromatic carbocycles. The van der Waals surface area contributed by atoms with Gasteiger partial charge in [-0.25, -0.2) is 22.9 Å². The van der Waals surface area contributed by atoms with E-state index < -0.39 is 29.5 Å². The Morgan fingerprint density at radius 3 is 2.70 bits per heavy atom. The number of aromatic nitrogens is 1. The van der Waals surface area contributed by atoms with Gasteiger partial charge < -0.3 is 14.8 Å². The predicted octanol–water partition coefficient (Wildman–Crippen LogP) is 4.46. The molecule has 1 fully saturated rings. The predicted molar refractivity (Wildman–Crippen MR) is 109 cm³/mol. The quantitative estimate of drug-likeness (QED) is 0.610. The molecule has 2 N–H and O–H groups in total. The molecule has 5 rings (SSSR count). The Morgan fingerprint density at radius 1 is 1.12 bits per heavy atom. The molecule has 3 aromatic rings. The van der Waals surface area contributed by atoms with Gasteiger partial charge in [0, 0.05) is 23.4 Å². The zero-order valence-electron chi connectivity index (χ0n) is 16.8. The molecule has 0 spiro atoms. The van der Waals surface area contributed by atoms with Gasteiger partial charge in [0.1, 0.15) is 23.5 Å². The van der Waals surface area contributed by atoms with Gasteiger partial charge >= 0.3 is 6.03 Å². The number of fused-ring (bicyclic) bond motifs is 3. The number of halogens is 3. The number of carbonyl (C=O) groups is 1. The summed E-state index contributed by atoms with van der Waals surface area (Å²) >= 11 is 0. The van der Waals surface area contributed by atoms with Crippen molar-refractivity contribution in [2.45, 2.75) is 12.0 Å². The number of urea groups is 1. The fourth-order valence-electron chi connectivity index (χ4n) is 3.99. The van der Waals surface area contributed by atoms with Crippen LogP contribution in [0.5, 0.6) is 17.2 Å². The number of anilines is 1. The number of para-hydroxylation sites is 1. The van der Waals surface area contributed by atoms with Crippen molar-refractivity contribution in [1.29, 1.82) is 5.26 Å². The number of hydrogen-bond acceptors (Lipinski definition) is 5. The van der Waals surface area contributed by atoms with Crippen molar-refractivity contribution in [2.75, 3.05) is 11.9 Å². The molecule has 3 atom stereocenters. The Morgan fingerprint density at radius 2 is 1.94 bits per heavy atom. The zero-order chi connectivity index (χ0) is 23.1. The number of ether oxygens (including phenoxy) is 2. The smallest absolute Gasteiger partial charge is 0.320 e. The van der Waals surface area contributed by atoms with Gasteiger partial charge in [-0.15, -0.1) is 0 Å². The molecule has 33 heavy (non-hydrogen) atoms. The Balaban J connectivity index is 1.22. The van der Waals surface area contributed by atoms with Crippen molar-refractivity contribution in [3.05, 3.63) is 77.2 Å². The van der Waals surface area contributed by atoms with E-state index in [0.29, 0.717) is 0 Å². The number of amides is 2. The second-order valence-electron chi connectivity index (χ2n) is 7.61. The Labute approximate surface area is 185 Å². The molecular formula is C23H15F3N4O3. The van der Waals surface area contributed by atoms with Crippen LogP contribution in [0.2, 0.25) is 0 Å². The lowest BCUT2D eigenvalue weighted by Gasteiger charge is -2.16. The fraction of sp³-hybridized carbons (Fsp3) is 0.174. The van der Waals surface area contributed by atoms with Gasteiger partial charge in [0.2, 0.25) is 0 Å². The molecule has 0 bridgehead atoms. The van der Waals surface area contributed by atoms with E-state index in [1.54, 1.807) is 0 Å². The minimum atomic E-state index is -0.691. The minimum Gasteiger partial charge on any atom is -0.490 e. The van der Waals surface area contributed by atoms with E-state index in [2.05, 4.69) is 15.6 Å². The average molecular weight is 452 g/mol. The van der Waals surface area contributed by atoms with Crippen molar-refractivity contribution in [2.24, 2.45) is 5.92 Å². The van der Waals surface area contributed by atoms with Crippen LogP contribution in [0.1, 0.15) is 17.0 Å². The summed E-state index contributed by atoms with van der Waals surface area (Å²) in [5.74, 6) is -2.39. The Bertz CT molecular complexity index is 1290. The highest BCUT2D eigenvalue weighted by Crippen LogP contribution is 2.55. The van der Waals surface area contributed by atoms with E-state index in [4.69, 9.17) is 14.7 Å². The van der Waals surface area contributed by atoms with Crippen LogP contribution in [0.15, 0.2) is 48.7 Å². The van der Waals surface area contributed by atoms with Crippen LogP contribution in [0.4, 0.5) is 23.8 Å². The normalized spacial score (nSPS) is 19.9. The van der Waals surface area contributed by atoms with E-state index in [9.17, 15) is 18.0 Å². The lowest BCUT2D eigenvalue weighted by molar-refractivity contribution is 0.247. The topological polar surface area (TPSA) is 96.3 Å². The summed E-state index contributed by atoms with van der Waals surface area (Å²) in [6.45, 7) is 0.175. The first kappa shape index (κ1) is 20.6. The molecule has 1 aromatic heterocycles. The molecule has 10 heteroatoms. The second kappa shape index (κ2) is 8.02. The van der Waals surface area contributed by atoms with Gasteiger partial charge in [-0.3, -0.25) is 5.32 Å². The van der Waals surface area contributed by atoms with Gasteiger partial charge in [-0.2, -0.15) is 5.26 Å². The van der Waals surface area contributed by atoms with Crippen LogP contribution in [-0.2, 0) is 0 Å². The highest BCUT2D eigenvalue weighted by atomic mass is 19.1. The first-order chi connectivity index (χ1) is 16.0. The Kier molecular flexibility index (Phi) is 5.01. The number of pyridine rings is 1. The SMILES string of the molecule is N#Cc1cccc(F)c1Oc1ccc(NC(=O)NC2[C@H]3COc4c(F)ccc(F)c4[C@@H]23)nc1. The van der Waals surface area contributed by atoms with Gasteiger partial charge in [-0.1, -0.05) is 6.07 Å². The molecule has 2 aliphatic rings. The largest absolute Gasteiger partial charge is 0.490 e.